The van der Waals surface area contributed by atoms with Gasteiger partial charge in [-0.3, -0.25) is 9.69 Å². The van der Waals surface area contributed by atoms with Crippen molar-refractivity contribution < 1.29 is 4.79 Å². The van der Waals surface area contributed by atoms with E-state index < -0.39 is 0 Å². The van der Waals surface area contributed by atoms with Gasteiger partial charge in [-0.15, -0.1) is 0 Å². The van der Waals surface area contributed by atoms with E-state index in [0.29, 0.717) is 12.5 Å². The minimum Gasteiger partial charge on any atom is -0.384 e. The van der Waals surface area contributed by atoms with Crippen LogP contribution in [0.3, 0.4) is 0 Å². The molecule has 1 saturated heterocycles. The summed E-state index contributed by atoms with van der Waals surface area (Å²) in [5.74, 6) is 0.287. The molecule has 82 valence electrons. The Morgan fingerprint density at radius 3 is 2.80 bits per heavy atom. The van der Waals surface area contributed by atoms with Crippen LogP contribution < -0.4 is 5.32 Å². The van der Waals surface area contributed by atoms with Gasteiger partial charge in [0.25, 0.3) is 0 Å². The van der Waals surface area contributed by atoms with Crippen molar-refractivity contribution in [1.29, 1.82) is 0 Å². The molecule has 0 amide bonds. The molecule has 0 aromatic carbocycles. The monoisotopic (exact) mass is 206 g/mol. The van der Waals surface area contributed by atoms with E-state index in [-0.39, 0.29) is 5.78 Å². The predicted octanol–water partition coefficient (Wildman–Crippen LogP) is 1.06. The molecule has 3 aliphatic rings. The van der Waals surface area contributed by atoms with Crippen LogP contribution >= 0.6 is 0 Å². The summed E-state index contributed by atoms with van der Waals surface area (Å²) >= 11 is 0. The second-order valence-corrected chi connectivity index (χ2v) is 4.99. The van der Waals surface area contributed by atoms with Gasteiger partial charge < -0.3 is 5.32 Å². The van der Waals surface area contributed by atoms with E-state index >= 15 is 0 Å². The topological polar surface area (TPSA) is 32.3 Å². The highest BCUT2D eigenvalue weighted by Gasteiger charge is 2.34. The van der Waals surface area contributed by atoms with Gasteiger partial charge in [0.05, 0.1) is 0 Å². The molecular weight excluding hydrogens is 188 g/mol. The van der Waals surface area contributed by atoms with Crippen LogP contribution in [0.2, 0.25) is 0 Å². The standard InChI is InChI=1S/C12H18N2O/c15-12-4-1-9(7-12)13-10-5-6-14(8-10)11-2-3-11/h7,10-11,13H,1-6,8H2. The average Bonchev–Trinajstić information content (AvgIpc) is 2.84. The molecule has 1 saturated carbocycles. The van der Waals surface area contributed by atoms with Crippen LogP contribution in [0, 0.1) is 0 Å². The first-order chi connectivity index (χ1) is 7.31. The molecule has 0 aromatic rings. The van der Waals surface area contributed by atoms with Crippen LogP contribution in [0.25, 0.3) is 0 Å². The Bertz CT molecular complexity index is 307. The van der Waals surface area contributed by atoms with Crippen molar-refractivity contribution in [2.24, 2.45) is 0 Å². The first-order valence-electron chi connectivity index (χ1n) is 6.05. The average molecular weight is 206 g/mol. The number of hydrogen-bond acceptors (Lipinski definition) is 3. The van der Waals surface area contributed by atoms with Gasteiger partial charge in [0, 0.05) is 43.4 Å². The normalized spacial score (nSPS) is 32.1. The molecule has 2 fully saturated rings. The highest BCUT2D eigenvalue weighted by Crippen LogP contribution is 2.30. The maximum atomic E-state index is 11.1. The molecule has 0 radical (unpaired) electrons. The van der Waals surface area contributed by atoms with Crippen molar-refractivity contribution in [3.63, 3.8) is 0 Å². The van der Waals surface area contributed by atoms with E-state index in [1.54, 1.807) is 6.08 Å². The van der Waals surface area contributed by atoms with Gasteiger partial charge in [-0.25, -0.2) is 0 Å². The lowest BCUT2D eigenvalue weighted by Gasteiger charge is -2.16. The van der Waals surface area contributed by atoms with Crippen molar-refractivity contribution >= 4 is 5.78 Å². The molecule has 1 aliphatic heterocycles. The van der Waals surface area contributed by atoms with Crippen LogP contribution in [0.5, 0.6) is 0 Å². The quantitative estimate of drug-likeness (QED) is 0.749. The molecule has 3 rings (SSSR count). The molecule has 1 unspecified atom stereocenters. The van der Waals surface area contributed by atoms with Crippen LogP contribution in [0.4, 0.5) is 0 Å². The van der Waals surface area contributed by atoms with E-state index in [1.807, 2.05) is 0 Å². The van der Waals surface area contributed by atoms with E-state index in [0.717, 1.165) is 12.5 Å². The Hall–Kier alpha value is -0.830. The Balaban J connectivity index is 1.52. The van der Waals surface area contributed by atoms with Gasteiger partial charge in [-0.2, -0.15) is 0 Å². The summed E-state index contributed by atoms with van der Waals surface area (Å²) in [5, 5.41) is 3.52. The third-order valence-electron chi connectivity index (χ3n) is 3.65. The lowest BCUT2D eigenvalue weighted by Crippen LogP contribution is -2.32. The third kappa shape index (κ3) is 2.07. The number of carbonyl (C=O) groups excluding carboxylic acids is 1. The molecular formula is C12H18N2O. The fourth-order valence-electron chi connectivity index (χ4n) is 2.65. The fraction of sp³-hybridized carbons (Fsp3) is 0.750. The molecule has 1 atom stereocenters. The van der Waals surface area contributed by atoms with E-state index in [4.69, 9.17) is 0 Å². The molecule has 0 spiro atoms. The van der Waals surface area contributed by atoms with Crippen molar-refractivity contribution in [1.82, 2.24) is 10.2 Å². The van der Waals surface area contributed by atoms with Gasteiger partial charge in [0.15, 0.2) is 5.78 Å². The van der Waals surface area contributed by atoms with Gasteiger partial charge in [0.1, 0.15) is 0 Å². The minimum absolute atomic E-state index is 0.287. The summed E-state index contributed by atoms with van der Waals surface area (Å²) in [7, 11) is 0. The SMILES string of the molecule is O=C1C=C(NC2CCN(C3CC3)C2)CC1. The second kappa shape index (κ2) is 3.63. The van der Waals surface area contributed by atoms with Gasteiger partial charge in [0.2, 0.25) is 0 Å². The molecule has 0 bridgehead atoms. The van der Waals surface area contributed by atoms with E-state index in [1.165, 1.54) is 38.0 Å². The van der Waals surface area contributed by atoms with Gasteiger partial charge in [-0.1, -0.05) is 0 Å². The lowest BCUT2D eigenvalue weighted by atomic mass is 10.2. The first-order valence-corrected chi connectivity index (χ1v) is 6.05. The second-order valence-electron chi connectivity index (χ2n) is 4.99. The largest absolute Gasteiger partial charge is 0.384 e. The van der Waals surface area contributed by atoms with Crippen molar-refractivity contribution in [3.05, 3.63) is 11.8 Å². The summed E-state index contributed by atoms with van der Waals surface area (Å²) in [6, 6.07) is 1.47. The van der Waals surface area contributed by atoms with E-state index in [9.17, 15) is 4.79 Å². The first kappa shape index (κ1) is 9.40. The number of ketones is 1. The van der Waals surface area contributed by atoms with Crippen molar-refractivity contribution in [2.75, 3.05) is 13.1 Å². The Morgan fingerprint density at radius 2 is 2.13 bits per heavy atom. The molecule has 15 heavy (non-hydrogen) atoms. The van der Waals surface area contributed by atoms with Gasteiger partial charge in [-0.05, 0) is 25.7 Å². The van der Waals surface area contributed by atoms with Crippen molar-refractivity contribution in [3.8, 4) is 0 Å². The molecule has 3 nitrogen and oxygen atoms in total. The number of nitrogens with zero attached hydrogens (tertiary/aromatic N) is 1. The summed E-state index contributed by atoms with van der Waals surface area (Å²) in [6.45, 7) is 2.42. The fourth-order valence-corrected chi connectivity index (χ4v) is 2.65. The van der Waals surface area contributed by atoms with Crippen LogP contribution in [0.1, 0.15) is 32.1 Å². The summed E-state index contributed by atoms with van der Waals surface area (Å²) in [6.07, 6.45) is 7.46. The number of nitrogens with one attached hydrogen (secondary N) is 1. The Morgan fingerprint density at radius 1 is 1.27 bits per heavy atom. The molecule has 1 N–H and O–H groups in total. The summed E-state index contributed by atoms with van der Waals surface area (Å²) in [4.78, 5) is 13.7. The zero-order valence-corrected chi connectivity index (χ0v) is 9.04. The predicted molar refractivity (Wildman–Crippen MR) is 58.5 cm³/mol. The van der Waals surface area contributed by atoms with Crippen LogP contribution in [0.15, 0.2) is 11.8 Å². The summed E-state index contributed by atoms with van der Waals surface area (Å²) in [5.41, 5.74) is 1.17. The van der Waals surface area contributed by atoms with Crippen molar-refractivity contribution in [2.45, 2.75) is 44.2 Å². The highest BCUT2D eigenvalue weighted by molar-refractivity contribution is 5.92. The maximum Gasteiger partial charge on any atom is 0.157 e. The summed E-state index contributed by atoms with van der Waals surface area (Å²) < 4.78 is 0. The lowest BCUT2D eigenvalue weighted by molar-refractivity contribution is -0.114. The Labute approximate surface area is 90.5 Å². The highest BCUT2D eigenvalue weighted by atomic mass is 16.1. The Kier molecular flexibility index (Phi) is 2.28. The zero-order chi connectivity index (χ0) is 10.3. The minimum atomic E-state index is 0.287. The number of hydrogen-bond donors (Lipinski definition) is 1. The smallest absolute Gasteiger partial charge is 0.157 e. The molecule has 0 aromatic heterocycles. The van der Waals surface area contributed by atoms with Crippen LogP contribution in [-0.4, -0.2) is 35.9 Å². The number of likely N-dealkylation sites (tertiary alicyclic amines) is 1. The molecule has 3 heteroatoms. The third-order valence-corrected chi connectivity index (χ3v) is 3.65. The zero-order valence-electron chi connectivity index (χ0n) is 9.04. The maximum absolute atomic E-state index is 11.1. The van der Waals surface area contributed by atoms with E-state index in [2.05, 4.69) is 10.2 Å². The molecule has 2 aliphatic carbocycles. The number of rotatable bonds is 3. The number of allylic oxidation sites excluding steroid dienone is 2. The molecule has 1 heterocycles. The number of carbonyl (C=O) groups is 1. The van der Waals surface area contributed by atoms with Crippen LogP contribution in [-0.2, 0) is 4.79 Å². The van der Waals surface area contributed by atoms with Gasteiger partial charge >= 0.3 is 0 Å².